The average Bonchev–Trinajstić information content (AvgIpc) is 2.39. The monoisotopic (exact) mass is 277 g/mol. The Morgan fingerprint density at radius 2 is 2.16 bits per heavy atom. The van der Waals surface area contributed by atoms with Gasteiger partial charge in [-0.25, -0.2) is 14.4 Å². The van der Waals surface area contributed by atoms with E-state index in [0.29, 0.717) is 11.7 Å². The Morgan fingerprint density at radius 3 is 2.89 bits per heavy atom. The minimum Gasteiger partial charge on any atom is -0.313 e. The fourth-order valence-corrected chi connectivity index (χ4v) is 2.52. The molecule has 0 saturated carbocycles. The van der Waals surface area contributed by atoms with E-state index in [1.54, 1.807) is 18.3 Å². The van der Waals surface area contributed by atoms with Gasteiger partial charge in [-0.3, -0.25) is 0 Å². The first kappa shape index (κ1) is 14.0. The van der Waals surface area contributed by atoms with Crippen LogP contribution >= 0.6 is 11.8 Å². The maximum atomic E-state index is 13.3. The van der Waals surface area contributed by atoms with Gasteiger partial charge in [0.25, 0.3) is 0 Å². The van der Waals surface area contributed by atoms with Gasteiger partial charge in [-0.05, 0) is 55.1 Å². The third-order valence-corrected chi connectivity index (χ3v) is 3.56. The number of halogens is 1. The van der Waals surface area contributed by atoms with Gasteiger partial charge >= 0.3 is 0 Å². The summed E-state index contributed by atoms with van der Waals surface area (Å²) in [6, 6.07) is 6.65. The lowest BCUT2D eigenvalue weighted by atomic mass is 10.2. The van der Waals surface area contributed by atoms with Crippen LogP contribution in [0.4, 0.5) is 4.39 Å². The lowest BCUT2D eigenvalue weighted by Crippen LogP contribution is -2.12. The highest BCUT2D eigenvalue weighted by Gasteiger charge is 2.07. The van der Waals surface area contributed by atoms with Gasteiger partial charge in [0.15, 0.2) is 5.16 Å². The van der Waals surface area contributed by atoms with Crippen molar-refractivity contribution in [2.45, 2.75) is 30.4 Å². The van der Waals surface area contributed by atoms with E-state index in [9.17, 15) is 4.39 Å². The number of hydrogen-bond acceptors (Lipinski definition) is 4. The Morgan fingerprint density at radius 1 is 1.32 bits per heavy atom. The zero-order valence-electron chi connectivity index (χ0n) is 11.0. The van der Waals surface area contributed by atoms with Crippen molar-refractivity contribution >= 4 is 11.8 Å². The summed E-state index contributed by atoms with van der Waals surface area (Å²) in [5.41, 5.74) is 1.85. The van der Waals surface area contributed by atoms with Crippen molar-refractivity contribution in [3.8, 4) is 0 Å². The van der Waals surface area contributed by atoms with Gasteiger partial charge in [0, 0.05) is 23.3 Å². The first-order chi connectivity index (χ1) is 9.19. The van der Waals surface area contributed by atoms with Crippen LogP contribution in [-0.4, -0.2) is 16.5 Å². The molecule has 19 heavy (non-hydrogen) atoms. The Kier molecular flexibility index (Phi) is 4.87. The molecule has 0 aliphatic rings. The summed E-state index contributed by atoms with van der Waals surface area (Å²) in [4.78, 5) is 9.55. The summed E-state index contributed by atoms with van der Waals surface area (Å²) >= 11 is 1.46. The van der Waals surface area contributed by atoms with Gasteiger partial charge in [-0.1, -0.05) is 6.92 Å². The molecule has 0 radical (unpaired) electrons. The van der Waals surface area contributed by atoms with Crippen molar-refractivity contribution in [3.05, 3.63) is 47.5 Å². The van der Waals surface area contributed by atoms with Gasteiger partial charge in [-0.2, -0.15) is 0 Å². The lowest BCUT2D eigenvalue weighted by Gasteiger charge is -2.09. The standard InChI is InChI=1S/C14H16FN3S/c1-3-16-9-11-8-12(15)4-5-13(11)19-14-17-7-6-10(2)18-14/h4-8,16H,3,9H2,1-2H3. The summed E-state index contributed by atoms with van der Waals surface area (Å²) in [6.45, 7) is 5.44. The number of nitrogens with zero attached hydrogens (tertiary/aromatic N) is 2. The van der Waals surface area contributed by atoms with Crippen LogP contribution in [0.25, 0.3) is 0 Å². The largest absolute Gasteiger partial charge is 0.313 e. The molecular formula is C14H16FN3S. The normalized spacial score (nSPS) is 10.7. The highest BCUT2D eigenvalue weighted by atomic mass is 32.2. The molecule has 0 saturated heterocycles. The fraction of sp³-hybridized carbons (Fsp3) is 0.286. The maximum absolute atomic E-state index is 13.3. The molecule has 0 aliphatic carbocycles. The molecule has 2 aromatic rings. The summed E-state index contributed by atoms with van der Waals surface area (Å²) in [5.74, 6) is -0.220. The molecule has 0 fully saturated rings. The van der Waals surface area contributed by atoms with E-state index in [-0.39, 0.29) is 5.82 Å². The van der Waals surface area contributed by atoms with E-state index in [4.69, 9.17) is 0 Å². The Hall–Kier alpha value is -1.46. The molecule has 100 valence electrons. The van der Waals surface area contributed by atoms with Gasteiger partial charge in [0.2, 0.25) is 0 Å². The van der Waals surface area contributed by atoms with Crippen LogP contribution in [0.3, 0.4) is 0 Å². The van der Waals surface area contributed by atoms with E-state index in [1.165, 1.54) is 17.8 Å². The molecule has 0 atom stereocenters. The van der Waals surface area contributed by atoms with Crippen molar-refractivity contribution in [1.82, 2.24) is 15.3 Å². The van der Waals surface area contributed by atoms with Crippen LogP contribution in [0.2, 0.25) is 0 Å². The molecule has 1 aromatic heterocycles. The molecule has 1 aromatic carbocycles. The number of benzene rings is 1. The fourth-order valence-electron chi connectivity index (χ4n) is 1.62. The molecule has 0 spiro atoms. The van der Waals surface area contributed by atoms with Crippen LogP contribution in [0, 0.1) is 12.7 Å². The number of hydrogen-bond donors (Lipinski definition) is 1. The SMILES string of the molecule is CCNCc1cc(F)ccc1Sc1nccc(C)n1. The van der Waals surface area contributed by atoms with Crippen LogP contribution < -0.4 is 5.32 Å². The number of aromatic nitrogens is 2. The second-order valence-corrected chi connectivity index (χ2v) is 5.12. The second kappa shape index (κ2) is 6.63. The second-order valence-electron chi connectivity index (χ2n) is 4.12. The third-order valence-electron chi connectivity index (χ3n) is 2.56. The molecule has 5 heteroatoms. The first-order valence-electron chi connectivity index (χ1n) is 6.15. The molecule has 0 aliphatic heterocycles. The van der Waals surface area contributed by atoms with E-state index in [0.717, 1.165) is 22.7 Å². The maximum Gasteiger partial charge on any atom is 0.192 e. The quantitative estimate of drug-likeness (QED) is 0.852. The topological polar surface area (TPSA) is 37.8 Å². The third kappa shape index (κ3) is 4.01. The van der Waals surface area contributed by atoms with Gasteiger partial charge in [-0.15, -0.1) is 0 Å². The zero-order chi connectivity index (χ0) is 13.7. The Balaban J connectivity index is 2.23. The molecule has 1 N–H and O–H groups in total. The molecule has 0 bridgehead atoms. The number of nitrogens with one attached hydrogen (secondary N) is 1. The van der Waals surface area contributed by atoms with Crippen molar-refractivity contribution in [1.29, 1.82) is 0 Å². The highest BCUT2D eigenvalue weighted by Crippen LogP contribution is 2.28. The van der Waals surface area contributed by atoms with Gasteiger partial charge in [0.1, 0.15) is 5.82 Å². The molecule has 0 amide bonds. The van der Waals surface area contributed by atoms with E-state index in [2.05, 4.69) is 15.3 Å². The predicted molar refractivity (Wildman–Crippen MR) is 74.7 cm³/mol. The smallest absolute Gasteiger partial charge is 0.192 e. The van der Waals surface area contributed by atoms with Gasteiger partial charge < -0.3 is 5.32 Å². The summed E-state index contributed by atoms with van der Waals surface area (Å²) in [5, 5.41) is 3.89. The average molecular weight is 277 g/mol. The molecule has 2 rings (SSSR count). The number of aryl methyl sites for hydroxylation is 1. The van der Waals surface area contributed by atoms with Crippen molar-refractivity contribution < 1.29 is 4.39 Å². The minimum absolute atomic E-state index is 0.220. The zero-order valence-corrected chi connectivity index (χ0v) is 11.8. The van der Waals surface area contributed by atoms with Crippen molar-refractivity contribution in [3.63, 3.8) is 0 Å². The van der Waals surface area contributed by atoms with Crippen molar-refractivity contribution in [2.75, 3.05) is 6.54 Å². The predicted octanol–water partition coefficient (Wildman–Crippen LogP) is 3.18. The summed E-state index contributed by atoms with van der Waals surface area (Å²) in [7, 11) is 0. The summed E-state index contributed by atoms with van der Waals surface area (Å²) < 4.78 is 13.3. The molecule has 3 nitrogen and oxygen atoms in total. The highest BCUT2D eigenvalue weighted by molar-refractivity contribution is 7.99. The van der Waals surface area contributed by atoms with Crippen LogP contribution in [0.1, 0.15) is 18.2 Å². The van der Waals surface area contributed by atoms with Crippen molar-refractivity contribution in [2.24, 2.45) is 0 Å². The first-order valence-corrected chi connectivity index (χ1v) is 6.97. The lowest BCUT2D eigenvalue weighted by molar-refractivity contribution is 0.619. The Labute approximate surface area is 116 Å². The van der Waals surface area contributed by atoms with E-state index < -0.39 is 0 Å². The van der Waals surface area contributed by atoms with Crippen LogP contribution in [0.15, 0.2) is 40.5 Å². The van der Waals surface area contributed by atoms with Crippen LogP contribution in [0.5, 0.6) is 0 Å². The molecule has 0 unspecified atom stereocenters. The Bertz CT molecular complexity index is 560. The molecular weight excluding hydrogens is 261 g/mol. The minimum atomic E-state index is -0.220. The van der Waals surface area contributed by atoms with E-state index >= 15 is 0 Å². The van der Waals surface area contributed by atoms with E-state index in [1.807, 2.05) is 19.9 Å². The number of rotatable bonds is 5. The molecule has 1 heterocycles. The summed E-state index contributed by atoms with van der Waals surface area (Å²) in [6.07, 6.45) is 1.73. The van der Waals surface area contributed by atoms with Crippen LogP contribution in [-0.2, 0) is 6.54 Å². The van der Waals surface area contributed by atoms with Gasteiger partial charge in [0.05, 0.1) is 0 Å².